The minimum Gasteiger partial charge on any atom is -0.497 e. The lowest BCUT2D eigenvalue weighted by atomic mass is 9.72. The van der Waals surface area contributed by atoms with Gasteiger partial charge in [-0.15, -0.1) is 0 Å². The molecule has 2 aromatic carbocycles. The summed E-state index contributed by atoms with van der Waals surface area (Å²) in [7, 11) is 3.21. The van der Waals surface area contributed by atoms with Gasteiger partial charge in [0, 0.05) is 19.6 Å². The van der Waals surface area contributed by atoms with Crippen LogP contribution >= 0.6 is 0 Å². The van der Waals surface area contributed by atoms with Crippen LogP contribution < -0.4 is 9.47 Å². The summed E-state index contributed by atoms with van der Waals surface area (Å²) in [6, 6.07) is 15.1. The van der Waals surface area contributed by atoms with Crippen molar-refractivity contribution >= 4 is 5.97 Å². The fraction of sp³-hybridized carbons (Fsp3) is 0.409. The molecule has 6 nitrogen and oxygen atoms in total. The number of hydrogen-bond acceptors (Lipinski definition) is 5. The van der Waals surface area contributed by atoms with Gasteiger partial charge in [-0.1, -0.05) is 24.3 Å². The summed E-state index contributed by atoms with van der Waals surface area (Å²) < 4.78 is 10.5. The van der Waals surface area contributed by atoms with E-state index < -0.39 is 17.5 Å². The van der Waals surface area contributed by atoms with Crippen molar-refractivity contribution in [1.29, 1.82) is 0 Å². The zero-order chi connectivity index (χ0) is 20.1. The van der Waals surface area contributed by atoms with E-state index in [1.165, 1.54) is 0 Å². The monoisotopic (exact) mass is 385 g/mol. The zero-order valence-corrected chi connectivity index (χ0v) is 16.3. The summed E-state index contributed by atoms with van der Waals surface area (Å²) in [4.78, 5) is 14.4. The van der Waals surface area contributed by atoms with Crippen LogP contribution in [0.5, 0.6) is 11.5 Å². The Morgan fingerprint density at radius 1 is 1.11 bits per heavy atom. The minimum absolute atomic E-state index is 0.245. The molecule has 0 amide bonds. The van der Waals surface area contributed by atoms with Crippen LogP contribution in [0.4, 0.5) is 0 Å². The second-order valence-corrected chi connectivity index (χ2v) is 7.36. The van der Waals surface area contributed by atoms with Crippen LogP contribution in [-0.4, -0.2) is 54.5 Å². The van der Waals surface area contributed by atoms with Gasteiger partial charge in [-0.05, 0) is 48.2 Å². The lowest BCUT2D eigenvalue weighted by Crippen LogP contribution is -2.56. The second-order valence-electron chi connectivity index (χ2n) is 7.36. The fourth-order valence-electron chi connectivity index (χ4n) is 3.93. The number of aliphatic carboxylic acids is 1. The quantitative estimate of drug-likeness (QED) is 0.763. The number of likely N-dealkylation sites (tertiary alicyclic amines) is 1. The summed E-state index contributed by atoms with van der Waals surface area (Å²) in [5.41, 5.74) is 0.629. The van der Waals surface area contributed by atoms with Crippen LogP contribution in [0.25, 0.3) is 0 Å². The van der Waals surface area contributed by atoms with Crippen molar-refractivity contribution in [3.63, 3.8) is 0 Å². The number of carbonyl (C=O) groups is 1. The van der Waals surface area contributed by atoms with Gasteiger partial charge >= 0.3 is 5.97 Å². The van der Waals surface area contributed by atoms with Gasteiger partial charge in [0.05, 0.1) is 20.3 Å². The van der Waals surface area contributed by atoms with Crippen LogP contribution in [0.1, 0.15) is 17.5 Å². The average molecular weight is 385 g/mol. The highest BCUT2D eigenvalue weighted by Crippen LogP contribution is 2.36. The van der Waals surface area contributed by atoms with Crippen molar-refractivity contribution in [3.8, 4) is 11.5 Å². The van der Waals surface area contributed by atoms with E-state index in [9.17, 15) is 15.0 Å². The molecule has 0 saturated carbocycles. The molecule has 1 aliphatic rings. The number of aliphatic hydroxyl groups excluding tert-OH is 1. The first kappa shape index (κ1) is 20.2. The van der Waals surface area contributed by atoms with Crippen molar-refractivity contribution in [2.24, 2.45) is 5.41 Å². The van der Waals surface area contributed by atoms with E-state index in [4.69, 9.17) is 9.47 Å². The van der Waals surface area contributed by atoms with Crippen LogP contribution in [0.3, 0.4) is 0 Å². The Hall–Kier alpha value is -2.57. The standard InChI is InChI=1S/C22H27NO5/c1-27-18-7-3-5-16(11-18)13-22(21(25)26)15-23(10-9-20(22)24)14-17-6-4-8-19(12-17)28-2/h3-8,11-12,20,24H,9-10,13-15H2,1-2H3,(H,25,26)/t20-,22+/m0/s1. The van der Waals surface area contributed by atoms with E-state index in [0.29, 0.717) is 25.3 Å². The number of piperidine rings is 1. The number of ether oxygens (including phenoxy) is 2. The Morgan fingerprint density at radius 2 is 1.71 bits per heavy atom. The van der Waals surface area contributed by atoms with Gasteiger partial charge in [0.15, 0.2) is 0 Å². The first-order chi connectivity index (χ1) is 13.5. The maximum Gasteiger partial charge on any atom is 0.313 e. The highest BCUT2D eigenvalue weighted by atomic mass is 16.5. The van der Waals surface area contributed by atoms with Crippen LogP contribution in [0, 0.1) is 5.41 Å². The van der Waals surface area contributed by atoms with Crippen LogP contribution in [-0.2, 0) is 17.8 Å². The molecule has 6 heteroatoms. The number of carboxylic acid groups (broad SMARTS) is 1. The predicted molar refractivity (Wildman–Crippen MR) is 106 cm³/mol. The summed E-state index contributed by atoms with van der Waals surface area (Å²) in [5, 5.41) is 20.8. The highest BCUT2D eigenvalue weighted by Gasteiger charge is 2.49. The summed E-state index contributed by atoms with van der Waals surface area (Å²) >= 11 is 0. The summed E-state index contributed by atoms with van der Waals surface area (Å²) in [6.07, 6.45) is -0.243. The molecule has 0 unspecified atom stereocenters. The maximum atomic E-state index is 12.3. The molecule has 0 radical (unpaired) electrons. The van der Waals surface area contributed by atoms with Gasteiger partial charge in [0.1, 0.15) is 16.9 Å². The van der Waals surface area contributed by atoms with Gasteiger partial charge in [0.25, 0.3) is 0 Å². The molecule has 28 heavy (non-hydrogen) atoms. The molecule has 1 heterocycles. The molecule has 0 spiro atoms. The molecule has 2 aromatic rings. The van der Waals surface area contributed by atoms with Gasteiger partial charge in [-0.3, -0.25) is 9.69 Å². The molecule has 150 valence electrons. The van der Waals surface area contributed by atoms with Crippen molar-refractivity contribution in [3.05, 3.63) is 59.7 Å². The van der Waals surface area contributed by atoms with Crippen molar-refractivity contribution in [2.45, 2.75) is 25.5 Å². The molecular formula is C22H27NO5. The average Bonchev–Trinajstić information content (AvgIpc) is 2.70. The first-order valence-corrected chi connectivity index (χ1v) is 9.36. The van der Waals surface area contributed by atoms with Gasteiger partial charge < -0.3 is 19.7 Å². The largest absolute Gasteiger partial charge is 0.497 e. The van der Waals surface area contributed by atoms with Crippen molar-refractivity contribution in [1.82, 2.24) is 4.90 Å². The molecule has 1 saturated heterocycles. The van der Waals surface area contributed by atoms with Gasteiger partial charge in [0.2, 0.25) is 0 Å². The smallest absolute Gasteiger partial charge is 0.313 e. The topological polar surface area (TPSA) is 79.2 Å². The van der Waals surface area contributed by atoms with Crippen LogP contribution in [0.2, 0.25) is 0 Å². The molecule has 2 N–H and O–H groups in total. The molecular weight excluding hydrogens is 358 g/mol. The molecule has 3 rings (SSSR count). The predicted octanol–water partition coefficient (Wildman–Crippen LogP) is 2.58. The molecule has 0 bridgehead atoms. The van der Waals surface area contributed by atoms with Crippen molar-refractivity contribution < 1.29 is 24.5 Å². The number of benzene rings is 2. The van der Waals surface area contributed by atoms with E-state index in [1.54, 1.807) is 14.2 Å². The third-order valence-electron chi connectivity index (χ3n) is 5.48. The summed E-state index contributed by atoms with van der Waals surface area (Å²) in [6.45, 7) is 1.53. The number of nitrogens with zero attached hydrogens (tertiary/aromatic N) is 1. The zero-order valence-electron chi connectivity index (χ0n) is 16.3. The molecule has 1 aliphatic heterocycles. The van der Waals surface area contributed by atoms with Crippen molar-refractivity contribution in [2.75, 3.05) is 27.3 Å². The van der Waals surface area contributed by atoms with Gasteiger partial charge in [-0.2, -0.15) is 0 Å². The Bertz CT molecular complexity index is 824. The fourth-order valence-corrected chi connectivity index (χ4v) is 3.93. The minimum atomic E-state index is -1.26. The Morgan fingerprint density at radius 3 is 2.32 bits per heavy atom. The first-order valence-electron chi connectivity index (χ1n) is 9.36. The van der Waals surface area contributed by atoms with E-state index in [0.717, 1.165) is 16.9 Å². The highest BCUT2D eigenvalue weighted by molar-refractivity contribution is 5.76. The Labute approximate surface area is 165 Å². The number of rotatable bonds is 7. The van der Waals surface area contributed by atoms with Gasteiger partial charge in [-0.25, -0.2) is 0 Å². The number of methoxy groups -OCH3 is 2. The number of hydrogen-bond donors (Lipinski definition) is 2. The number of carboxylic acids is 1. The lowest BCUT2D eigenvalue weighted by Gasteiger charge is -2.43. The third kappa shape index (κ3) is 4.29. The summed E-state index contributed by atoms with van der Waals surface area (Å²) in [5.74, 6) is 0.477. The van der Waals surface area contributed by atoms with E-state index in [2.05, 4.69) is 4.90 Å². The molecule has 0 aliphatic carbocycles. The lowest BCUT2D eigenvalue weighted by molar-refractivity contribution is -0.163. The Kier molecular flexibility index (Phi) is 6.21. The Balaban J connectivity index is 1.83. The third-order valence-corrected chi connectivity index (χ3v) is 5.48. The van der Waals surface area contributed by atoms with E-state index in [1.807, 2.05) is 48.5 Å². The second kappa shape index (κ2) is 8.63. The number of aliphatic hydroxyl groups is 1. The molecule has 2 atom stereocenters. The molecule has 0 aromatic heterocycles. The van der Waals surface area contributed by atoms with Crippen LogP contribution in [0.15, 0.2) is 48.5 Å². The molecule has 1 fully saturated rings. The normalized spacial score (nSPS) is 22.6. The van der Waals surface area contributed by atoms with E-state index in [-0.39, 0.29) is 13.0 Å². The maximum absolute atomic E-state index is 12.3. The SMILES string of the molecule is COc1cccc(CN2CC[C@H](O)[C@](Cc3cccc(OC)c3)(C(=O)O)C2)c1. The van der Waals surface area contributed by atoms with E-state index >= 15 is 0 Å².